The van der Waals surface area contributed by atoms with E-state index in [2.05, 4.69) is 12.2 Å². The second-order valence-corrected chi connectivity index (χ2v) is 6.79. The molecule has 1 atom stereocenters. The Hall–Kier alpha value is -1.17. The van der Waals surface area contributed by atoms with E-state index in [0.717, 1.165) is 24.9 Å². The largest absolute Gasteiger partial charge is 0.383 e. The molecule has 1 aromatic rings. The van der Waals surface area contributed by atoms with Gasteiger partial charge in [-0.3, -0.25) is 0 Å². The van der Waals surface area contributed by atoms with Crippen molar-refractivity contribution in [2.45, 2.75) is 56.2 Å². The summed E-state index contributed by atoms with van der Waals surface area (Å²) in [5.41, 5.74) is 0.738. The molecule has 0 aliphatic rings. The first-order valence-corrected chi connectivity index (χ1v) is 8.31. The van der Waals surface area contributed by atoms with Crippen LogP contribution in [0.3, 0.4) is 0 Å². The van der Waals surface area contributed by atoms with Crippen LogP contribution in [-0.2, 0) is 9.84 Å². The first-order valence-electron chi connectivity index (χ1n) is 6.76. The van der Waals surface area contributed by atoms with Crippen LogP contribution in [-0.4, -0.2) is 20.2 Å². The monoisotopic (exact) mass is 305 g/mol. The zero-order valence-corrected chi connectivity index (χ0v) is 12.6. The fourth-order valence-corrected chi connectivity index (χ4v) is 2.62. The first kappa shape index (κ1) is 16.9. The fraction of sp³-hybridized carbons (Fsp3) is 0.571. The Balaban J connectivity index is 2.63. The fourth-order valence-electron chi connectivity index (χ4n) is 1.90. The average molecular weight is 305 g/mol. The van der Waals surface area contributed by atoms with Crippen LogP contribution in [0.2, 0.25) is 0 Å². The molecule has 0 aromatic heterocycles. The van der Waals surface area contributed by atoms with E-state index in [1.165, 1.54) is 30.7 Å². The Labute approximate surface area is 119 Å². The van der Waals surface area contributed by atoms with Gasteiger partial charge in [-0.15, -0.1) is 0 Å². The molecule has 0 radical (unpaired) electrons. The summed E-state index contributed by atoms with van der Waals surface area (Å²) in [4.78, 5) is -0.350. The van der Waals surface area contributed by atoms with Crippen molar-refractivity contribution in [1.29, 1.82) is 0 Å². The second kappa shape index (κ2) is 7.57. The molecule has 6 heteroatoms. The van der Waals surface area contributed by atoms with Gasteiger partial charge in [0, 0.05) is 11.7 Å². The van der Waals surface area contributed by atoms with Gasteiger partial charge in [-0.25, -0.2) is 8.42 Å². The average Bonchev–Trinajstić information content (AvgIpc) is 2.39. The van der Waals surface area contributed by atoms with Crippen molar-refractivity contribution in [2.24, 2.45) is 0 Å². The second-order valence-electron chi connectivity index (χ2n) is 4.87. The molecule has 1 unspecified atom stereocenters. The normalized spacial score (nSPS) is 13.4. The van der Waals surface area contributed by atoms with E-state index in [4.69, 9.17) is 0 Å². The minimum absolute atomic E-state index is 0.263. The molecule has 1 rings (SSSR count). The highest BCUT2D eigenvalue weighted by Crippen LogP contribution is 2.21. The number of hydrogen-bond donors (Lipinski definition) is 1. The molecule has 1 aromatic carbocycles. The van der Waals surface area contributed by atoms with Crippen molar-refractivity contribution in [1.82, 2.24) is 0 Å². The first-order chi connectivity index (χ1) is 9.37. The molecule has 114 valence electrons. The van der Waals surface area contributed by atoms with E-state index in [0.29, 0.717) is 0 Å². The summed E-state index contributed by atoms with van der Waals surface area (Å²) in [7, 11) is -4.50. The molecule has 0 saturated heterocycles. The molecule has 3 nitrogen and oxygen atoms in total. The van der Waals surface area contributed by atoms with E-state index in [-0.39, 0.29) is 10.9 Å². The van der Waals surface area contributed by atoms with Crippen LogP contribution in [0.25, 0.3) is 0 Å². The molecule has 0 spiro atoms. The third-order valence-electron chi connectivity index (χ3n) is 3.07. The number of rotatable bonds is 8. The molecule has 0 saturated carbocycles. The number of halogens is 2. The number of hydrogen-bond acceptors (Lipinski definition) is 3. The van der Waals surface area contributed by atoms with Crippen LogP contribution in [0.5, 0.6) is 0 Å². The quantitative estimate of drug-likeness (QED) is 0.737. The van der Waals surface area contributed by atoms with E-state index in [9.17, 15) is 17.2 Å². The van der Waals surface area contributed by atoms with E-state index in [1.54, 1.807) is 0 Å². The molecular weight excluding hydrogens is 284 g/mol. The minimum atomic E-state index is -4.50. The molecule has 0 aliphatic heterocycles. The standard InChI is InChI=1S/C14H21F2NO2S/c1-3-4-5-6-11(2)17-12-7-9-13(10-8-12)20(18,19)14(15)16/h7-11,14,17H,3-6H2,1-2H3. The number of sulfone groups is 1. The van der Waals surface area contributed by atoms with E-state index >= 15 is 0 Å². The predicted molar refractivity (Wildman–Crippen MR) is 76.9 cm³/mol. The smallest absolute Gasteiger partial charge is 0.341 e. The lowest BCUT2D eigenvalue weighted by Crippen LogP contribution is -2.15. The lowest BCUT2D eigenvalue weighted by molar-refractivity contribution is 0.234. The highest BCUT2D eigenvalue weighted by molar-refractivity contribution is 7.91. The highest BCUT2D eigenvalue weighted by atomic mass is 32.2. The Morgan fingerprint density at radius 1 is 1.15 bits per heavy atom. The van der Waals surface area contributed by atoms with Gasteiger partial charge < -0.3 is 5.32 Å². The molecule has 0 fully saturated rings. The van der Waals surface area contributed by atoms with E-state index < -0.39 is 15.6 Å². The van der Waals surface area contributed by atoms with Crippen molar-refractivity contribution in [3.05, 3.63) is 24.3 Å². The van der Waals surface area contributed by atoms with Gasteiger partial charge in [0.1, 0.15) is 0 Å². The van der Waals surface area contributed by atoms with Gasteiger partial charge in [-0.2, -0.15) is 8.78 Å². The van der Waals surface area contributed by atoms with Crippen molar-refractivity contribution in [2.75, 3.05) is 5.32 Å². The summed E-state index contributed by atoms with van der Waals surface area (Å²) in [6.45, 7) is 4.18. The zero-order chi connectivity index (χ0) is 15.2. The highest BCUT2D eigenvalue weighted by Gasteiger charge is 2.26. The molecule has 0 amide bonds. The van der Waals surface area contributed by atoms with Gasteiger partial charge in [-0.1, -0.05) is 26.2 Å². The lowest BCUT2D eigenvalue weighted by atomic mass is 10.1. The lowest BCUT2D eigenvalue weighted by Gasteiger charge is -2.15. The van der Waals surface area contributed by atoms with Crippen molar-refractivity contribution < 1.29 is 17.2 Å². The molecule has 0 heterocycles. The third kappa shape index (κ3) is 4.74. The predicted octanol–water partition coefficient (Wildman–Crippen LogP) is 4.06. The van der Waals surface area contributed by atoms with Gasteiger partial charge in [-0.05, 0) is 37.6 Å². The molecule has 20 heavy (non-hydrogen) atoms. The van der Waals surface area contributed by atoms with Crippen molar-refractivity contribution >= 4 is 15.5 Å². The van der Waals surface area contributed by atoms with Gasteiger partial charge in [0.15, 0.2) is 0 Å². The number of anilines is 1. The van der Waals surface area contributed by atoms with Crippen LogP contribution in [0, 0.1) is 0 Å². The van der Waals surface area contributed by atoms with Crippen LogP contribution >= 0.6 is 0 Å². The van der Waals surface area contributed by atoms with Gasteiger partial charge in [0.25, 0.3) is 0 Å². The van der Waals surface area contributed by atoms with Crippen molar-refractivity contribution in [3.8, 4) is 0 Å². The maximum Gasteiger partial charge on any atom is 0.341 e. The number of unbranched alkanes of at least 4 members (excludes halogenated alkanes) is 2. The third-order valence-corrected chi connectivity index (χ3v) is 4.47. The molecular formula is C14H21F2NO2S. The number of nitrogens with one attached hydrogen (secondary N) is 1. The maximum absolute atomic E-state index is 12.4. The van der Waals surface area contributed by atoms with Gasteiger partial charge in [0.2, 0.25) is 9.84 Å². The molecule has 0 bridgehead atoms. The van der Waals surface area contributed by atoms with Crippen LogP contribution < -0.4 is 5.32 Å². The molecule has 0 aliphatic carbocycles. The topological polar surface area (TPSA) is 46.2 Å². The zero-order valence-electron chi connectivity index (χ0n) is 11.8. The van der Waals surface area contributed by atoms with Gasteiger partial charge >= 0.3 is 5.76 Å². The SMILES string of the molecule is CCCCCC(C)Nc1ccc(S(=O)(=O)C(F)F)cc1. The van der Waals surface area contributed by atoms with E-state index in [1.807, 2.05) is 6.92 Å². The summed E-state index contributed by atoms with van der Waals surface area (Å²) in [5.74, 6) is -3.38. The van der Waals surface area contributed by atoms with Gasteiger partial charge in [0.05, 0.1) is 4.90 Å². The summed E-state index contributed by atoms with van der Waals surface area (Å²) < 4.78 is 47.3. The minimum Gasteiger partial charge on any atom is -0.383 e. The number of alkyl halides is 2. The number of benzene rings is 1. The Morgan fingerprint density at radius 3 is 2.25 bits per heavy atom. The summed E-state index contributed by atoms with van der Waals surface area (Å²) in [6.07, 6.45) is 4.48. The van der Waals surface area contributed by atoms with Crippen molar-refractivity contribution in [3.63, 3.8) is 0 Å². The van der Waals surface area contributed by atoms with Crippen LogP contribution in [0.15, 0.2) is 29.2 Å². The van der Waals surface area contributed by atoms with Crippen LogP contribution in [0.4, 0.5) is 14.5 Å². The summed E-state index contributed by atoms with van der Waals surface area (Å²) in [6, 6.07) is 5.72. The van der Waals surface area contributed by atoms with Crippen LogP contribution in [0.1, 0.15) is 39.5 Å². The Morgan fingerprint density at radius 2 is 1.75 bits per heavy atom. The Kier molecular flexibility index (Phi) is 6.39. The summed E-state index contributed by atoms with van der Waals surface area (Å²) >= 11 is 0. The molecule has 1 N–H and O–H groups in total. The summed E-state index contributed by atoms with van der Waals surface area (Å²) in [5, 5.41) is 3.23. The Bertz CT molecular complexity index is 500. The maximum atomic E-state index is 12.4.